The first-order chi connectivity index (χ1) is 18.3. The number of imide groups is 1. The zero-order valence-electron chi connectivity index (χ0n) is 22.8. The molecule has 1 aromatic carbocycles. The summed E-state index contributed by atoms with van der Waals surface area (Å²) in [6.45, 7) is 9.91. The van der Waals surface area contributed by atoms with Gasteiger partial charge in [0, 0.05) is 29.4 Å². The van der Waals surface area contributed by atoms with Gasteiger partial charge in [0.25, 0.3) is 0 Å². The van der Waals surface area contributed by atoms with E-state index in [1.165, 1.54) is 12.0 Å². The second-order valence-corrected chi connectivity index (χ2v) is 13.1. The van der Waals surface area contributed by atoms with Crippen molar-refractivity contribution >= 4 is 17.9 Å². The van der Waals surface area contributed by atoms with Gasteiger partial charge in [-0.1, -0.05) is 27.7 Å². The SMILES string of the molecule is COc1c2c(cc3c1OC(=O)C1C3C(C)(C)C1(C)C)C1C(O2)C2N(C3C[C@H](O)[C@@H](CO)O3)C(=O)NC(=O)C12C. The van der Waals surface area contributed by atoms with Crippen LogP contribution >= 0.6 is 0 Å². The van der Waals surface area contributed by atoms with Gasteiger partial charge in [0.15, 0.2) is 11.5 Å². The van der Waals surface area contributed by atoms with E-state index in [9.17, 15) is 24.6 Å². The van der Waals surface area contributed by atoms with E-state index >= 15 is 0 Å². The fraction of sp³-hybridized carbons (Fsp3) is 0.679. The van der Waals surface area contributed by atoms with Crippen LogP contribution in [0.5, 0.6) is 17.2 Å². The van der Waals surface area contributed by atoms with Crippen molar-refractivity contribution in [3.05, 3.63) is 17.2 Å². The summed E-state index contributed by atoms with van der Waals surface area (Å²) in [4.78, 5) is 41.2. The first kappa shape index (κ1) is 25.1. The van der Waals surface area contributed by atoms with Gasteiger partial charge < -0.3 is 29.2 Å². The molecule has 0 spiro atoms. The standard InChI is InChI=1S/C28H34N2O9/c1-26(2)15-10-7-11-16-20(38-18(11)21(36-6)19(10)39-23(33)17(15)27(26,3)4)22-28(16,5)24(34)29-25(35)30(22)14-8-12(32)13(9-31)37-14/h7,12-17,20,22,31-32H,8-9H2,1-6H3,(H,29,34,35)/t12-,13+,14?,15?,16?,17?,20?,22?,28?/m0/s1. The number of nitrogens with zero attached hydrogens (tertiary/aromatic N) is 1. The fourth-order valence-electron chi connectivity index (χ4n) is 8.44. The number of carbonyl (C=O) groups is 3. The van der Waals surface area contributed by atoms with Crippen LogP contribution in [0.1, 0.15) is 64.0 Å². The summed E-state index contributed by atoms with van der Waals surface area (Å²) in [5.74, 6) is -0.403. The predicted octanol–water partition coefficient (Wildman–Crippen LogP) is 1.63. The number of ether oxygens (including phenoxy) is 4. The van der Waals surface area contributed by atoms with Crippen LogP contribution in [0.4, 0.5) is 4.79 Å². The molecule has 0 radical (unpaired) electrons. The summed E-state index contributed by atoms with van der Waals surface area (Å²) < 4.78 is 24.0. The number of nitrogens with one attached hydrogen (secondary N) is 1. The lowest BCUT2D eigenvalue weighted by Crippen LogP contribution is -2.79. The number of fused-ring (bicyclic) bond motifs is 9. The maximum absolute atomic E-state index is 13.4. The molecule has 1 aromatic rings. The number of hydrogen-bond donors (Lipinski definition) is 3. The summed E-state index contributed by atoms with van der Waals surface area (Å²) >= 11 is 0. The van der Waals surface area contributed by atoms with Crippen LogP contribution in [0.2, 0.25) is 0 Å². The summed E-state index contributed by atoms with van der Waals surface area (Å²) in [7, 11) is 1.50. The zero-order valence-corrected chi connectivity index (χ0v) is 22.8. The molecule has 7 rings (SSSR count). The third-order valence-electron chi connectivity index (χ3n) is 11.2. The molecule has 4 aliphatic heterocycles. The number of urea groups is 1. The molecule has 0 bridgehead atoms. The Balaban J connectivity index is 1.33. The minimum Gasteiger partial charge on any atom is -0.490 e. The highest BCUT2D eigenvalue weighted by Gasteiger charge is 2.75. The quantitative estimate of drug-likeness (QED) is 0.383. The van der Waals surface area contributed by atoms with Crippen LogP contribution in [-0.4, -0.2) is 77.3 Å². The number of aliphatic hydroxyl groups is 2. The second-order valence-electron chi connectivity index (χ2n) is 13.1. The second kappa shape index (κ2) is 7.44. The van der Waals surface area contributed by atoms with Crippen molar-refractivity contribution in [1.82, 2.24) is 10.2 Å². The molecule has 210 valence electrons. The van der Waals surface area contributed by atoms with Gasteiger partial charge in [-0.2, -0.15) is 0 Å². The van der Waals surface area contributed by atoms with Crippen LogP contribution in [0.3, 0.4) is 0 Å². The van der Waals surface area contributed by atoms with Crippen molar-refractivity contribution in [3.8, 4) is 17.2 Å². The third-order valence-corrected chi connectivity index (χ3v) is 11.2. The van der Waals surface area contributed by atoms with Gasteiger partial charge >= 0.3 is 12.0 Å². The van der Waals surface area contributed by atoms with Crippen LogP contribution in [0, 0.1) is 22.2 Å². The first-order valence-electron chi connectivity index (χ1n) is 13.5. The summed E-state index contributed by atoms with van der Waals surface area (Å²) in [6, 6.07) is 0.700. The monoisotopic (exact) mass is 542 g/mol. The van der Waals surface area contributed by atoms with E-state index in [2.05, 4.69) is 33.0 Å². The van der Waals surface area contributed by atoms with Gasteiger partial charge in [-0.05, 0) is 23.8 Å². The number of rotatable bonds is 3. The molecule has 2 saturated carbocycles. The van der Waals surface area contributed by atoms with E-state index in [1.54, 1.807) is 0 Å². The van der Waals surface area contributed by atoms with E-state index in [0.29, 0.717) is 17.2 Å². The molecular weight excluding hydrogens is 508 g/mol. The highest BCUT2D eigenvalue weighted by atomic mass is 16.6. The summed E-state index contributed by atoms with van der Waals surface area (Å²) in [6.07, 6.45) is -3.08. The molecule has 11 nitrogen and oxygen atoms in total. The van der Waals surface area contributed by atoms with E-state index in [4.69, 9.17) is 18.9 Å². The highest BCUT2D eigenvalue weighted by Crippen LogP contribution is 2.74. The summed E-state index contributed by atoms with van der Waals surface area (Å²) in [5, 5.41) is 22.4. The van der Waals surface area contributed by atoms with E-state index in [-0.39, 0.29) is 41.0 Å². The van der Waals surface area contributed by atoms with Crippen LogP contribution in [0.25, 0.3) is 0 Å². The molecule has 6 aliphatic rings. The number of aliphatic hydroxyl groups excluding tert-OH is 2. The molecule has 9 atom stereocenters. The van der Waals surface area contributed by atoms with Crippen molar-refractivity contribution in [2.75, 3.05) is 13.7 Å². The van der Waals surface area contributed by atoms with E-state index in [0.717, 1.165) is 11.1 Å². The van der Waals surface area contributed by atoms with Gasteiger partial charge in [0.05, 0.1) is 37.2 Å². The Labute approximate surface area is 225 Å². The molecule has 3 amide bonds. The van der Waals surface area contributed by atoms with Gasteiger partial charge in [-0.3, -0.25) is 19.8 Å². The van der Waals surface area contributed by atoms with Crippen molar-refractivity contribution in [3.63, 3.8) is 0 Å². The molecule has 4 fully saturated rings. The van der Waals surface area contributed by atoms with Crippen LogP contribution in [-0.2, 0) is 14.3 Å². The number of esters is 1. The lowest BCUT2D eigenvalue weighted by Gasteiger charge is -2.65. The van der Waals surface area contributed by atoms with Crippen molar-refractivity contribution in [2.24, 2.45) is 22.2 Å². The summed E-state index contributed by atoms with van der Waals surface area (Å²) in [5.41, 5.74) is 0.136. The molecule has 3 N–H and O–H groups in total. The Bertz CT molecular complexity index is 1340. The van der Waals surface area contributed by atoms with E-state index in [1.807, 2.05) is 13.0 Å². The Hall–Kier alpha value is -2.89. The first-order valence-corrected chi connectivity index (χ1v) is 13.5. The number of amides is 3. The smallest absolute Gasteiger partial charge is 0.326 e. The average molecular weight is 543 g/mol. The predicted molar refractivity (Wildman–Crippen MR) is 133 cm³/mol. The molecular formula is C28H34N2O9. The average Bonchev–Trinajstić information content (AvgIpc) is 3.41. The minimum absolute atomic E-state index is 0.0901. The Morgan fingerprint density at radius 3 is 2.36 bits per heavy atom. The third kappa shape index (κ3) is 2.67. The molecule has 0 aromatic heterocycles. The molecule has 39 heavy (non-hydrogen) atoms. The number of hydrogen-bond acceptors (Lipinski definition) is 9. The van der Waals surface area contributed by atoms with Gasteiger partial charge in [0.1, 0.15) is 18.4 Å². The van der Waals surface area contributed by atoms with Crippen LogP contribution < -0.4 is 19.5 Å². The van der Waals surface area contributed by atoms with Gasteiger partial charge in [-0.25, -0.2) is 4.79 Å². The lowest BCUT2D eigenvalue weighted by atomic mass is 9.39. The number of benzene rings is 1. The van der Waals surface area contributed by atoms with E-state index < -0.39 is 54.5 Å². The Morgan fingerprint density at radius 2 is 1.72 bits per heavy atom. The van der Waals surface area contributed by atoms with Gasteiger partial charge in [0.2, 0.25) is 11.7 Å². The number of methoxy groups -OCH3 is 1. The molecule has 11 heteroatoms. The Morgan fingerprint density at radius 1 is 1.05 bits per heavy atom. The van der Waals surface area contributed by atoms with Crippen molar-refractivity contribution < 1.29 is 43.5 Å². The van der Waals surface area contributed by atoms with Crippen LogP contribution in [0.15, 0.2) is 6.07 Å². The molecule has 2 aliphatic carbocycles. The largest absolute Gasteiger partial charge is 0.490 e. The highest BCUT2D eigenvalue weighted by molar-refractivity contribution is 6.03. The van der Waals surface area contributed by atoms with Crippen molar-refractivity contribution in [2.45, 2.75) is 83.5 Å². The molecule has 2 saturated heterocycles. The maximum Gasteiger partial charge on any atom is 0.326 e. The lowest BCUT2D eigenvalue weighted by molar-refractivity contribution is -0.183. The zero-order chi connectivity index (χ0) is 28.0. The van der Waals surface area contributed by atoms with Crippen molar-refractivity contribution in [1.29, 1.82) is 0 Å². The topological polar surface area (TPSA) is 144 Å². The number of carbonyl (C=O) groups excluding carboxylic acids is 3. The fourth-order valence-corrected chi connectivity index (χ4v) is 8.44. The minimum atomic E-state index is -1.05. The molecule has 4 heterocycles. The van der Waals surface area contributed by atoms with Gasteiger partial charge in [-0.15, -0.1) is 0 Å². The molecule has 7 unspecified atom stereocenters. The Kier molecular flexibility index (Phi) is 4.79. The maximum atomic E-state index is 13.4. The normalized spacial score (nSPS) is 41.9.